The Morgan fingerprint density at radius 1 is 1.25 bits per heavy atom. The maximum atomic E-state index is 11.3. The topological polar surface area (TPSA) is 110 Å². The number of hydrogen-bond acceptors (Lipinski definition) is 5. The van der Waals surface area contributed by atoms with Gasteiger partial charge in [-0.15, -0.1) is 0 Å². The van der Waals surface area contributed by atoms with Crippen LogP contribution in [-0.4, -0.2) is 34.8 Å². The minimum absolute atomic E-state index is 0.147. The van der Waals surface area contributed by atoms with Gasteiger partial charge in [0.2, 0.25) is 5.91 Å². The lowest BCUT2D eigenvalue weighted by molar-refractivity contribution is -0.142. The zero-order chi connectivity index (χ0) is 15.1. The van der Waals surface area contributed by atoms with Gasteiger partial charge in [-0.2, -0.15) is 0 Å². The number of rotatable bonds is 7. The number of nitrogens with two attached hydrogens (primary N) is 1. The molecule has 0 saturated heterocycles. The van der Waals surface area contributed by atoms with Crippen molar-refractivity contribution in [1.29, 1.82) is 0 Å². The van der Waals surface area contributed by atoms with E-state index in [0.29, 0.717) is 12.2 Å². The Kier molecular flexibility index (Phi) is 6.14. The summed E-state index contributed by atoms with van der Waals surface area (Å²) in [6.45, 7) is 2.06. The lowest BCUT2D eigenvalue weighted by Gasteiger charge is -2.17. The third kappa shape index (κ3) is 4.99. The van der Waals surface area contributed by atoms with Crippen molar-refractivity contribution in [2.75, 3.05) is 6.61 Å². The van der Waals surface area contributed by atoms with Crippen LogP contribution in [0, 0.1) is 0 Å². The second kappa shape index (κ2) is 7.62. The highest BCUT2D eigenvalue weighted by molar-refractivity contribution is 5.74. The summed E-state index contributed by atoms with van der Waals surface area (Å²) in [6, 6.07) is 6.49. The molecule has 1 aromatic carbocycles. The van der Waals surface area contributed by atoms with Crippen molar-refractivity contribution in [1.82, 2.24) is 0 Å². The van der Waals surface area contributed by atoms with Gasteiger partial charge < -0.3 is 20.7 Å². The summed E-state index contributed by atoms with van der Waals surface area (Å²) in [5.74, 6) is -1.01. The number of aliphatic hydroxyl groups excluding tert-OH is 2. The molecule has 0 spiro atoms. The quantitative estimate of drug-likeness (QED) is 0.612. The number of amides is 1. The van der Waals surface area contributed by atoms with Crippen LogP contribution in [0.4, 0.5) is 0 Å². The van der Waals surface area contributed by atoms with Gasteiger partial charge in [-0.25, -0.2) is 0 Å². The first-order chi connectivity index (χ1) is 9.43. The summed E-state index contributed by atoms with van der Waals surface area (Å²) < 4.78 is 4.83. The molecule has 0 aromatic heterocycles. The maximum absolute atomic E-state index is 11.3. The number of aliphatic hydroxyl groups is 2. The fraction of sp³-hybridized carbons (Fsp3) is 0.429. The highest BCUT2D eigenvalue weighted by Gasteiger charge is 2.20. The van der Waals surface area contributed by atoms with E-state index in [1.807, 2.05) is 0 Å². The summed E-state index contributed by atoms with van der Waals surface area (Å²) in [7, 11) is 0. The Morgan fingerprint density at radius 3 is 2.35 bits per heavy atom. The molecule has 0 bridgehead atoms. The molecule has 110 valence electrons. The number of esters is 1. The van der Waals surface area contributed by atoms with Gasteiger partial charge in [-0.05, 0) is 18.1 Å². The number of carbonyl (C=O) groups is 2. The first-order valence-electron chi connectivity index (χ1n) is 6.33. The molecule has 2 atom stereocenters. The van der Waals surface area contributed by atoms with E-state index in [1.165, 1.54) is 0 Å². The second-order valence-corrected chi connectivity index (χ2v) is 4.41. The van der Waals surface area contributed by atoms with E-state index >= 15 is 0 Å². The Labute approximate surface area is 117 Å². The molecule has 1 aromatic rings. The molecule has 0 aliphatic carbocycles. The molecule has 6 heteroatoms. The fourth-order valence-electron chi connectivity index (χ4n) is 1.75. The SMILES string of the molecule is CCOC(=O)Cc1ccc(C(O)C(O)CC(N)=O)cc1. The summed E-state index contributed by atoms with van der Waals surface area (Å²) >= 11 is 0. The monoisotopic (exact) mass is 281 g/mol. The lowest BCUT2D eigenvalue weighted by atomic mass is 10.00. The van der Waals surface area contributed by atoms with E-state index in [9.17, 15) is 19.8 Å². The van der Waals surface area contributed by atoms with Crippen molar-refractivity contribution in [3.05, 3.63) is 35.4 Å². The van der Waals surface area contributed by atoms with Gasteiger partial charge in [0.05, 0.1) is 25.6 Å². The van der Waals surface area contributed by atoms with Crippen molar-refractivity contribution in [2.45, 2.75) is 32.0 Å². The van der Waals surface area contributed by atoms with E-state index in [2.05, 4.69) is 0 Å². The summed E-state index contributed by atoms with van der Waals surface area (Å²) in [4.78, 5) is 22.0. The van der Waals surface area contributed by atoms with Crippen LogP contribution in [-0.2, 0) is 20.7 Å². The van der Waals surface area contributed by atoms with Crippen LogP contribution in [0.25, 0.3) is 0 Å². The number of carbonyl (C=O) groups excluding carboxylic acids is 2. The molecule has 0 aliphatic heterocycles. The van der Waals surface area contributed by atoms with E-state index in [4.69, 9.17) is 10.5 Å². The van der Waals surface area contributed by atoms with Crippen LogP contribution >= 0.6 is 0 Å². The minimum atomic E-state index is -1.25. The fourth-order valence-corrected chi connectivity index (χ4v) is 1.75. The predicted octanol–water partition coefficient (Wildman–Crippen LogP) is 0.0619. The molecule has 6 nitrogen and oxygen atoms in total. The molecular formula is C14H19NO5. The molecule has 0 saturated carbocycles. The van der Waals surface area contributed by atoms with E-state index in [-0.39, 0.29) is 18.8 Å². The second-order valence-electron chi connectivity index (χ2n) is 4.41. The standard InChI is InChI=1S/C14H19NO5/c1-2-20-13(18)7-9-3-5-10(6-4-9)14(19)11(16)8-12(15)17/h3-6,11,14,16,19H,2,7-8H2,1H3,(H2,15,17). The van der Waals surface area contributed by atoms with E-state index in [1.54, 1.807) is 31.2 Å². The Balaban J connectivity index is 2.65. The average molecular weight is 281 g/mol. The number of ether oxygens (including phenoxy) is 1. The van der Waals surface area contributed by atoms with Crippen LogP contribution in [0.3, 0.4) is 0 Å². The van der Waals surface area contributed by atoms with Gasteiger partial charge in [0.15, 0.2) is 0 Å². The number of primary amides is 1. The van der Waals surface area contributed by atoms with Crippen molar-refractivity contribution in [3.8, 4) is 0 Å². The molecule has 1 amide bonds. The van der Waals surface area contributed by atoms with E-state index in [0.717, 1.165) is 5.56 Å². The molecule has 4 N–H and O–H groups in total. The zero-order valence-corrected chi connectivity index (χ0v) is 11.3. The Morgan fingerprint density at radius 2 is 1.85 bits per heavy atom. The predicted molar refractivity (Wildman–Crippen MR) is 71.6 cm³/mol. The van der Waals surface area contributed by atoms with Crippen molar-refractivity contribution in [2.24, 2.45) is 5.73 Å². The molecule has 2 unspecified atom stereocenters. The Hall–Kier alpha value is -1.92. The van der Waals surface area contributed by atoms with Crippen molar-refractivity contribution >= 4 is 11.9 Å². The van der Waals surface area contributed by atoms with Crippen molar-refractivity contribution in [3.63, 3.8) is 0 Å². The molecular weight excluding hydrogens is 262 g/mol. The molecule has 0 aliphatic rings. The molecule has 0 fully saturated rings. The van der Waals surface area contributed by atoms with Gasteiger partial charge in [0.25, 0.3) is 0 Å². The first kappa shape index (κ1) is 16.1. The van der Waals surface area contributed by atoms with Gasteiger partial charge >= 0.3 is 5.97 Å². The van der Waals surface area contributed by atoms with Gasteiger partial charge in [-0.3, -0.25) is 9.59 Å². The highest BCUT2D eigenvalue weighted by Crippen LogP contribution is 2.19. The van der Waals surface area contributed by atoms with Crippen LogP contribution in [0.5, 0.6) is 0 Å². The van der Waals surface area contributed by atoms with Crippen LogP contribution in [0.15, 0.2) is 24.3 Å². The lowest BCUT2D eigenvalue weighted by Crippen LogP contribution is -2.25. The first-order valence-corrected chi connectivity index (χ1v) is 6.33. The third-order valence-electron chi connectivity index (χ3n) is 2.75. The maximum Gasteiger partial charge on any atom is 0.310 e. The van der Waals surface area contributed by atoms with Gasteiger partial charge in [0.1, 0.15) is 6.10 Å². The van der Waals surface area contributed by atoms with Gasteiger partial charge in [0, 0.05) is 0 Å². The Bertz CT molecular complexity index is 457. The summed E-state index contributed by atoms with van der Waals surface area (Å²) in [5.41, 5.74) is 6.15. The zero-order valence-electron chi connectivity index (χ0n) is 11.3. The highest BCUT2D eigenvalue weighted by atomic mass is 16.5. The molecule has 0 radical (unpaired) electrons. The number of benzene rings is 1. The van der Waals surface area contributed by atoms with E-state index < -0.39 is 18.1 Å². The summed E-state index contributed by atoms with van der Waals surface area (Å²) in [5, 5.41) is 19.4. The molecule has 0 heterocycles. The number of hydrogen-bond donors (Lipinski definition) is 3. The molecule has 1 rings (SSSR count). The minimum Gasteiger partial charge on any atom is -0.466 e. The third-order valence-corrected chi connectivity index (χ3v) is 2.75. The smallest absolute Gasteiger partial charge is 0.310 e. The average Bonchev–Trinajstić information content (AvgIpc) is 2.38. The van der Waals surface area contributed by atoms with Gasteiger partial charge in [-0.1, -0.05) is 24.3 Å². The van der Waals surface area contributed by atoms with Crippen LogP contribution in [0.1, 0.15) is 30.6 Å². The summed E-state index contributed by atoms with van der Waals surface area (Å²) in [6.07, 6.45) is -2.61. The molecule has 20 heavy (non-hydrogen) atoms. The van der Waals surface area contributed by atoms with Crippen molar-refractivity contribution < 1.29 is 24.5 Å². The van der Waals surface area contributed by atoms with Crippen LogP contribution < -0.4 is 5.73 Å². The normalized spacial score (nSPS) is 13.6. The van der Waals surface area contributed by atoms with Crippen LogP contribution in [0.2, 0.25) is 0 Å². The largest absolute Gasteiger partial charge is 0.466 e.